The second-order valence-electron chi connectivity index (χ2n) is 7.32. The average Bonchev–Trinajstić information content (AvgIpc) is 3.30. The molecule has 0 saturated carbocycles. The molecule has 30 heavy (non-hydrogen) atoms. The van der Waals surface area contributed by atoms with E-state index in [1.807, 2.05) is 55.6 Å². The predicted molar refractivity (Wildman–Crippen MR) is 126 cm³/mol. The van der Waals surface area contributed by atoms with E-state index in [0.717, 1.165) is 42.4 Å². The number of thiophene rings is 1. The van der Waals surface area contributed by atoms with Crippen LogP contribution in [-0.2, 0) is 12.1 Å². The first-order valence-electron chi connectivity index (χ1n) is 10.7. The summed E-state index contributed by atoms with van der Waals surface area (Å²) in [6.45, 7) is 13.6. The van der Waals surface area contributed by atoms with Gasteiger partial charge in [0.1, 0.15) is 18.0 Å². The molecule has 0 bridgehead atoms. The maximum absolute atomic E-state index is 10.7. The number of nitrogens with one attached hydrogen (secondary N) is 2. The molecule has 0 amide bonds. The molecule has 1 aromatic heterocycles. The Kier molecular flexibility index (Phi) is 10.1. The fourth-order valence-electron chi connectivity index (χ4n) is 2.96. The maximum atomic E-state index is 10.7. The highest BCUT2D eigenvalue weighted by Gasteiger charge is 2.24. The molecular formula is C23H36N4O2S. The van der Waals surface area contributed by atoms with Crippen molar-refractivity contribution in [3.05, 3.63) is 52.2 Å². The van der Waals surface area contributed by atoms with Gasteiger partial charge < -0.3 is 25.4 Å². The topological polar surface area (TPSA) is 69.1 Å². The molecule has 7 heteroatoms. The summed E-state index contributed by atoms with van der Waals surface area (Å²) in [5.41, 5.74) is 0.169. The number of ether oxygens (including phenoxy) is 1. The number of aliphatic hydroxyl groups is 1. The molecule has 1 unspecified atom stereocenters. The number of hydrogen-bond donors (Lipinski definition) is 3. The van der Waals surface area contributed by atoms with Gasteiger partial charge in [-0.3, -0.25) is 0 Å². The van der Waals surface area contributed by atoms with Gasteiger partial charge in [0.25, 0.3) is 0 Å². The monoisotopic (exact) mass is 432 g/mol. The molecule has 0 aliphatic rings. The van der Waals surface area contributed by atoms with Crippen LogP contribution in [0.5, 0.6) is 5.75 Å². The average molecular weight is 433 g/mol. The molecule has 1 aromatic carbocycles. The minimum atomic E-state index is -0.936. The van der Waals surface area contributed by atoms with Crippen LogP contribution in [0, 0.1) is 0 Å². The van der Waals surface area contributed by atoms with Crippen molar-refractivity contribution in [1.29, 1.82) is 0 Å². The zero-order valence-electron chi connectivity index (χ0n) is 18.6. The molecule has 0 aliphatic heterocycles. The SMILES string of the molecule is CCNC(=NCc1ccc(OCCN(CC)CC)cc1)NCC(C)(O)c1cccs1. The first-order chi connectivity index (χ1) is 14.5. The quantitative estimate of drug-likeness (QED) is 0.354. The minimum absolute atomic E-state index is 0.388. The third-order valence-corrected chi connectivity index (χ3v) is 6.03. The van der Waals surface area contributed by atoms with Crippen molar-refractivity contribution in [1.82, 2.24) is 15.5 Å². The molecule has 1 atom stereocenters. The molecule has 0 aliphatic carbocycles. The van der Waals surface area contributed by atoms with Gasteiger partial charge in [0, 0.05) is 18.0 Å². The molecule has 166 valence electrons. The van der Waals surface area contributed by atoms with Crippen molar-refractivity contribution < 1.29 is 9.84 Å². The zero-order valence-corrected chi connectivity index (χ0v) is 19.5. The van der Waals surface area contributed by atoms with Crippen molar-refractivity contribution >= 4 is 17.3 Å². The van der Waals surface area contributed by atoms with Crippen LogP contribution in [0.25, 0.3) is 0 Å². The van der Waals surface area contributed by atoms with Gasteiger partial charge in [-0.15, -0.1) is 11.3 Å². The Balaban J connectivity index is 1.86. The summed E-state index contributed by atoms with van der Waals surface area (Å²) in [5.74, 6) is 1.57. The number of aliphatic imine (C=N–C) groups is 1. The first-order valence-corrected chi connectivity index (χ1v) is 11.6. The number of nitrogens with zero attached hydrogens (tertiary/aromatic N) is 2. The second kappa shape index (κ2) is 12.6. The van der Waals surface area contributed by atoms with Crippen molar-refractivity contribution in [2.24, 2.45) is 4.99 Å². The summed E-state index contributed by atoms with van der Waals surface area (Å²) in [6.07, 6.45) is 0. The molecule has 1 heterocycles. The van der Waals surface area contributed by atoms with Crippen LogP contribution in [0.15, 0.2) is 46.8 Å². The first kappa shape index (κ1) is 24.2. The van der Waals surface area contributed by atoms with Gasteiger partial charge >= 0.3 is 0 Å². The second-order valence-corrected chi connectivity index (χ2v) is 8.27. The molecule has 3 N–H and O–H groups in total. The lowest BCUT2D eigenvalue weighted by molar-refractivity contribution is 0.0655. The van der Waals surface area contributed by atoms with E-state index in [1.54, 1.807) is 11.3 Å². The Morgan fingerprint density at radius 3 is 2.47 bits per heavy atom. The number of rotatable bonds is 12. The minimum Gasteiger partial charge on any atom is -0.492 e. The third kappa shape index (κ3) is 7.97. The lowest BCUT2D eigenvalue weighted by Crippen LogP contribution is -2.44. The zero-order chi connectivity index (χ0) is 21.8. The Hall–Kier alpha value is -2.09. The van der Waals surface area contributed by atoms with Crippen LogP contribution < -0.4 is 15.4 Å². The van der Waals surface area contributed by atoms with Crippen LogP contribution in [0.1, 0.15) is 38.1 Å². The van der Waals surface area contributed by atoms with Gasteiger partial charge in [-0.1, -0.05) is 32.0 Å². The van der Waals surface area contributed by atoms with Gasteiger partial charge in [-0.2, -0.15) is 0 Å². The van der Waals surface area contributed by atoms with Gasteiger partial charge in [0.05, 0.1) is 13.1 Å². The van der Waals surface area contributed by atoms with Crippen molar-refractivity contribution in [2.75, 3.05) is 39.3 Å². The summed E-state index contributed by atoms with van der Waals surface area (Å²) < 4.78 is 5.84. The van der Waals surface area contributed by atoms with Crippen LogP contribution in [0.3, 0.4) is 0 Å². The Morgan fingerprint density at radius 2 is 1.87 bits per heavy atom. The van der Waals surface area contributed by atoms with Crippen LogP contribution in [0.2, 0.25) is 0 Å². The van der Waals surface area contributed by atoms with Crippen LogP contribution in [0.4, 0.5) is 0 Å². The van der Waals surface area contributed by atoms with Gasteiger partial charge in [0.15, 0.2) is 5.96 Å². The molecular weight excluding hydrogens is 396 g/mol. The fourth-order valence-corrected chi connectivity index (χ4v) is 3.75. The molecule has 6 nitrogen and oxygen atoms in total. The number of likely N-dealkylation sites (N-methyl/N-ethyl adjacent to an activating group) is 1. The van der Waals surface area contributed by atoms with Gasteiger partial charge in [0.2, 0.25) is 0 Å². The summed E-state index contributed by atoms with van der Waals surface area (Å²) in [5, 5.41) is 19.1. The smallest absolute Gasteiger partial charge is 0.191 e. The standard InChI is InChI=1S/C23H36N4O2S/c1-5-24-22(26-18-23(4,28)21-9-8-16-30-21)25-17-19-10-12-20(13-11-19)29-15-14-27(6-2)7-3/h8-13,16,28H,5-7,14-15,17-18H2,1-4H3,(H2,24,25,26). The summed E-state index contributed by atoms with van der Waals surface area (Å²) in [4.78, 5) is 7.92. The lowest BCUT2D eigenvalue weighted by Gasteiger charge is -2.23. The van der Waals surface area contributed by atoms with E-state index >= 15 is 0 Å². The third-order valence-electron chi connectivity index (χ3n) is 4.91. The van der Waals surface area contributed by atoms with Crippen LogP contribution >= 0.6 is 11.3 Å². The van der Waals surface area contributed by atoms with Crippen molar-refractivity contribution in [3.63, 3.8) is 0 Å². The summed E-state index contributed by atoms with van der Waals surface area (Å²) >= 11 is 1.55. The number of hydrogen-bond acceptors (Lipinski definition) is 5. The Bertz CT molecular complexity index is 741. The Morgan fingerprint density at radius 1 is 1.13 bits per heavy atom. The van der Waals surface area contributed by atoms with E-state index in [4.69, 9.17) is 4.74 Å². The van der Waals surface area contributed by atoms with E-state index in [1.165, 1.54) is 0 Å². The van der Waals surface area contributed by atoms with E-state index in [9.17, 15) is 5.11 Å². The molecule has 0 fully saturated rings. The molecule has 0 spiro atoms. The molecule has 2 rings (SSSR count). The lowest BCUT2D eigenvalue weighted by atomic mass is 10.1. The Labute approximate surface area is 185 Å². The van der Waals surface area contributed by atoms with E-state index in [-0.39, 0.29) is 0 Å². The molecule has 2 aromatic rings. The number of benzene rings is 1. The predicted octanol–water partition coefficient (Wildman–Crippen LogP) is 3.43. The summed E-state index contributed by atoms with van der Waals surface area (Å²) in [6, 6.07) is 12.0. The highest BCUT2D eigenvalue weighted by Crippen LogP contribution is 2.24. The highest BCUT2D eigenvalue weighted by atomic mass is 32.1. The largest absolute Gasteiger partial charge is 0.492 e. The van der Waals surface area contributed by atoms with Gasteiger partial charge in [-0.25, -0.2) is 4.99 Å². The van der Waals surface area contributed by atoms with E-state index in [0.29, 0.717) is 25.7 Å². The molecule has 0 radical (unpaired) electrons. The van der Waals surface area contributed by atoms with Crippen molar-refractivity contribution in [3.8, 4) is 5.75 Å². The maximum Gasteiger partial charge on any atom is 0.191 e. The molecule has 0 saturated heterocycles. The highest BCUT2D eigenvalue weighted by molar-refractivity contribution is 7.10. The van der Waals surface area contributed by atoms with E-state index in [2.05, 4.69) is 34.4 Å². The number of guanidine groups is 1. The van der Waals surface area contributed by atoms with Gasteiger partial charge in [-0.05, 0) is 56.1 Å². The normalized spacial score (nSPS) is 13.9. The van der Waals surface area contributed by atoms with Crippen LogP contribution in [-0.4, -0.2) is 55.3 Å². The summed E-state index contributed by atoms with van der Waals surface area (Å²) in [7, 11) is 0. The van der Waals surface area contributed by atoms with Crippen molar-refractivity contribution in [2.45, 2.75) is 39.8 Å². The van der Waals surface area contributed by atoms with E-state index < -0.39 is 5.60 Å². The fraction of sp³-hybridized carbons (Fsp3) is 0.522.